The van der Waals surface area contributed by atoms with Crippen molar-refractivity contribution in [3.05, 3.63) is 30.0 Å². The monoisotopic (exact) mass is 242 g/mol. The molecule has 1 aromatic carbocycles. The van der Waals surface area contributed by atoms with E-state index >= 15 is 0 Å². The highest BCUT2D eigenvalue weighted by Crippen LogP contribution is 2.43. The third-order valence-electron chi connectivity index (χ3n) is 4.03. The van der Waals surface area contributed by atoms with E-state index in [-0.39, 0.29) is 6.23 Å². The Balaban J connectivity index is 1.83. The van der Waals surface area contributed by atoms with Crippen LogP contribution in [-0.4, -0.2) is 16.4 Å². The lowest BCUT2D eigenvalue weighted by Gasteiger charge is -2.23. The van der Waals surface area contributed by atoms with Gasteiger partial charge in [-0.2, -0.15) is 5.10 Å². The van der Waals surface area contributed by atoms with E-state index in [4.69, 9.17) is 9.84 Å². The summed E-state index contributed by atoms with van der Waals surface area (Å²) >= 11 is 0. The summed E-state index contributed by atoms with van der Waals surface area (Å²) in [5.74, 6) is 0.694. The highest BCUT2D eigenvalue weighted by atomic mass is 16.5. The molecule has 1 unspecified atom stereocenters. The maximum Gasteiger partial charge on any atom is 0.150 e. The summed E-state index contributed by atoms with van der Waals surface area (Å²) in [4.78, 5) is 0. The van der Waals surface area contributed by atoms with Crippen LogP contribution in [0.15, 0.2) is 24.3 Å². The molecule has 2 aliphatic rings. The van der Waals surface area contributed by atoms with Gasteiger partial charge in [0.25, 0.3) is 0 Å². The van der Waals surface area contributed by atoms with Gasteiger partial charge in [0.15, 0.2) is 6.23 Å². The number of para-hydroxylation sites is 1. The smallest absolute Gasteiger partial charge is 0.150 e. The van der Waals surface area contributed by atoms with Crippen LogP contribution in [0.4, 0.5) is 0 Å². The number of hydrogen-bond donors (Lipinski definition) is 0. The first-order chi connectivity index (χ1) is 8.93. The number of ether oxygens (including phenoxy) is 1. The molecule has 3 nitrogen and oxygen atoms in total. The van der Waals surface area contributed by atoms with E-state index in [0.717, 1.165) is 13.0 Å². The summed E-state index contributed by atoms with van der Waals surface area (Å²) in [7, 11) is 0. The predicted molar refractivity (Wildman–Crippen MR) is 70.5 cm³/mol. The molecule has 2 heterocycles. The van der Waals surface area contributed by atoms with Gasteiger partial charge in [-0.3, -0.25) is 0 Å². The standard InChI is InChI=1S/C15H18N2O/c1-2-6-13-12(5-1)15(11-8-9-11)16-17(13)14-7-3-4-10-18-14/h1-2,5-6,11,14H,3-4,7-10H2. The van der Waals surface area contributed by atoms with Gasteiger partial charge in [0.05, 0.1) is 11.2 Å². The quantitative estimate of drug-likeness (QED) is 0.804. The minimum atomic E-state index is 0.149. The lowest BCUT2D eigenvalue weighted by molar-refractivity contribution is -0.0368. The summed E-state index contributed by atoms with van der Waals surface area (Å²) in [5.41, 5.74) is 2.53. The van der Waals surface area contributed by atoms with Crippen molar-refractivity contribution in [2.24, 2.45) is 0 Å². The Bertz CT molecular complexity index is 565. The maximum atomic E-state index is 5.89. The number of hydrogen-bond acceptors (Lipinski definition) is 2. The second-order valence-electron chi connectivity index (χ2n) is 5.44. The minimum absolute atomic E-state index is 0.149. The van der Waals surface area contributed by atoms with Gasteiger partial charge in [0.2, 0.25) is 0 Å². The van der Waals surface area contributed by atoms with Gasteiger partial charge in [0, 0.05) is 17.9 Å². The molecule has 0 N–H and O–H groups in total. The van der Waals surface area contributed by atoms with Crippen molar-refractivity contribution in [1.82, 2.24) is 9.78 Å². The van der Waals surface area contributed by atoms with Gasteiger partial charge in [0.1, 0.15) is 0 Å². The van der Waals surface area contributed by atoms with E-state index in [1.54, 1.807) is 0 Å². The van der Waals surface area contributed by atoms with Gasteiger partial charge >= 0.3 is 0 Å². The zero-order valence-electron chi connectivity index (χ0n) is 10.5. The molecule has 1 saturated carbocycles. The molecule has 1 atom stereocenters. The fourth-order valence-corrected chi connectivity index (χ4v) is 2.91. The van der Waals surface area contributed by atoms with Crippen LogP contribution in [0.1, 0.15) is 49.9 Å². The van der Waals surface area contributed by atoms with Gasteiger partial charge in [-0.05, 0) is 38.2 Å². The molecule has 0 radical (unpaired) electrons. The Hall–Kier alpha value is -1.35. The third-order valence-corrected chi connectivity index (χ3v) is 4.03. The van der Waals surface area contributed by atoms with E-state index in [1.807, 2.05) is 0 Å². The Labute approximate surface area is 107 Å². The highest BCUT2D eigenvalue weighted by molar-refractivity contribution is 5.82. The molecule has 4 rings (SSSR count). The first-order valence-electron chi connectivity index (χ1n) is 7.02. The number of aromatic nitrogens is 2. The van der Waals surface area contributed by atoms with Crippen LogP contribution in [0.5, 0.6) is 0 Å². The van der Waals surface area contributed by atoms with Crippen molar-refractivity contribution in [2.75, 3.05) is 6.61 Å². The second kappa shape index (κ2) is 4.09. The molecular formula is C15H18N2O. The van der Waals surface area contributed by atoms with Crippen LogP contribution < -0.4 is 0 Å². The number of benzene rings is 1. The Morgan fingerprint density at radius 1 is 1.11 bits per heavy atom. The molecule has 94 valence electrons. The van der Waals surface area contributed by atoms with Crippen molar-refractivity contribution in [3.8, 4) is 0 Å². The molecule has 18 heavy (non-hydrogen) atoms. The number of nitrogens with zero attached hydrogens (tertiary/aromatic N) is 2. The average molecular weight is 242 g/mol. The SMILES string of the molecule is c1ccc2c(c1)c(C1CC1)nn2C1CCCCO1. The van der Waals surface area contributed by atoms with Gasteiger partial charge in [-0.1, -0.05) is 18.2 Å². The fourth-order valence-electron chi connectivity index (χ4n) is 2.91. The van der Waals surface area contributed by atoms with Crippen LogP contribution in [0.3, 0.4) is 0 Å². The minimum Gasteiger partial charge on any atom is -0.356 e. The summed E-state index contributed by atoms with van der Waals surface area (Å²) in [6.07, 6.45) is 6.27. The summed E-state index contributed by atoms with van der Waals surface area (Å²) in [6.45, 7) is 0.873. The van der Waals surface area contributed by atoms with Gasteiger partial charge < -0.3 is 4.74 Å². The van der Waals surface area contributed by atoms with E-state index < -0.39 is 0 Å². The van der Waals surface area contributed by atoms with Crippen molar-refractivity contribution >= 4 is 10.9 Å². The van der Waals surface area contributed by atoms with E-state index in [1.165, 1.54) is 42.3 Å². The Morgan fingerprint density at radius 2 is 2.00 bits per heavy atom. The highest BCUT2D eigenvalue weighted by Gasteiger charge is 2.30. The molecule has 1 aliphatic heterocycles. The van der Waals surface area contributed by atoms with Crippen LogP contribution in [-0.2, 0) is 4.74 Å². The zero-order chi connectivity index (χ0) is 11.9. The topological polar surface area (TPSA) is 27.1 Å². The van der Waals surface area contributed by atoms with Gasteiger partial charge in [-0.15, -0.1) is 0 Å². The largest absolute Gasteiger partial charge is 0.356 e. The molecule has 0 amide bonds. The van der Waals surface area contributed by atoms with Crippen LogP contribution >= 0.6 is 0 Å². The van der Waals surface area contributed by atoms with Gasteiger partial charge in [-0.25, -0.2) is 4.68 Å². The molecule has 1 saturated heterocycles. The van der Waals surface area contributed by atoms with Crippen LogP contribution in [0.2, 0.25) is 0 Å². The van der Waals surface area contributed by atoms with Crippen molar-refractivity contribution in [1.29, 1.82) is 0 Å². The molecule has 2 fully saturated rings. The predicted octanol–water partition coefficient (Wildman–Crippen LogP) is 3.61. The molecule has 0 bridgehead atoms. The second-order valence-corrected chi connectivity index (χ2v) is 5.44. The molecular weight excluding hydrogens is 224 g/mol. The first kappa shape index (κ1) is 10.6. The van der Waals surface area contributed by atoms with E-state index in [0.29, 0.717) is 5.92 Å². The summed E-state index contributed by atoms with van der Waals surface area (Å²) in [6, 6.07) is 8.59. The average Bonchev–Trinajstić information content (AvgIpc) is 3.21. The lowest BCUT2D eigenvalue weighted by Crippen LogP contribution is -2.19. The third kappa shape index (κ3) is 1.65. The van der Waals surface area contributed by atoms with E-state index in [9.17, 15) is 0 Å². The molecule has 0 spiro atoms. The number of fused-ring (bicyclic) bond motifs is 1. The van der Waals surface area contributed by atoms with Crippen molar-refractivity contribution < 1.29 is 4.74 Å². The van der Waals surface area contributed by atoms with Crippen molar-refractivity contribution in [2.45, 2.75) is 44.2 Å². The normalized spacial score (nSPS) is 24.6. The van der Waals surface area contributed by atoms with Crippen LogP contribution in [0, 0.1) is 0 Å². The van der Waals surface area contributed by atoms with Crippen LogP contribution in [0.25, 0.3) is 10.9 Å². The molecule has 3 heteroatoms. The van der Waals surface area contributed by atoms with Crippen molar-refractivity contribution in [3.63, 3.8) is 0 Å². The molecule has 2 aromatic rings. The summed E-state index contributed by atoms with van der Waals surface area (Å²) < 4.78 is 8.01. The maximum absolute atomic E-state index is 5.89. The Kier molecular flexibility index (Phi) is 2.40. The lowest BCUT2D eigenvalue weighted by atomic mass is 10.1. The number of rotatable bonds is 2. The first-order valence-corrected chi connectivity index (χ1v) is 7.02. The molecule has 1 aromatic heterocycles. The zero-order valence-corrected chi connectivity index (χ0v) is 10.5. The Morgan fingerprint density at radius 3 is 2.78 bits per heavy atom. The van der Waals surface area contributed by atoms with E-state index in [2.05, 4.69) is 28.9 Å². The fraction of sp³-hybridized carbons (Fsp3) is 0.533. The molecule has 1 aliphatic carbocycles. The summed E-state index contributed by atoms with van der Waals surface area (Å²) in [5, 5.41) is 6.19.